The molecule has 0 aliphatic heterocycles. The summed E-state index contributed by atoms with van der Waals surface area (Å²) in [5.41, 5.74) is 1.98. The van der Waals surface area contributed by atoms with E-state index in [2.05, 4.69) is 0 Å². The molecule has 3 aromatic rings. The number of ketones is 2. The van der Waals surface area contributed by atoms with Crippen molar-refractivity contribution < 1.29 is 9.59 Å². The van der Waals surface area contributed by atoms with Crippen LogP contribution in [-0.4, -0.2) is 11.6 Å². The third-order valence-electron chi connectivity index (χ3n) is 5.18. The van der Waals surface area contributed by atoms with E-state index < -0.39 is 5.41 Å². The molecule has 4 rings (SSSR count). The van der Waals surface area contributed by atoms with E-state index in [9.17, 15) is 9.59 Å². The zero-order valence-electron chi connectivity index (χ0n) is 15.4. The van der Waals surface area contributed by atoms with Crippen LogP contribution in [0.3, 0.4) is 0 Å². The van der Waals surface area contributed by atoms with Crippen LogP contribution < -0.4 is 0 Å². The standard InChI is InChI=1S/C26H20O2/c27-24(22-12-6-2-7-13-22)26(25(28)23-14-8-3-9-15-23)18-16-21(17-19-26)20-10-4-1-5-11-20/h1-18H,19H2. The molecule has 0 saturated heterocycles. The Morgan fingerprint density at radius 3 is 1.54 bits per heavy atom. The monoisotopic (exact) mass is 364 g/mol. The van der Waals surface area contributed by atoms with Crippen molar-refractivity contribution in [3.63, 3.8) is 0 Å². The Kier molecular flexibility index (Phi) is 4.86. The molecule has 0 unspecified atom stereocenters. The van der Waals surface area contributed by atoms with Crippen LogP contribution in [0.2, 0.25) is 0 Å². The largest absolute Gasteiger partial charge is 0.293 e. The zero-order chi connectivity index (χ0) is 19.4. The molecule has 136 valence electrons. The second-order valence-corrected chi connectivity index (χ2v) is 6.92. The molecular weight excluding hydrogens is 344 g/mol. The van der Waals surface area contributed by atoms with Crippen molar-refractivity contribution in [1.29, 1.82) is 0 Å². The van der Waals surface area contributed by atoms with Gasteiger partial charge in [0.25, 0.3) is 0 Å². The molecule has 0 radical (unpaired) electrons. The summed E-state index contributed by atoms with van der Waals surface area (Å²) >= 11 is 0. The number of benzene rings is 3. The molecule has 0 amide bonds. The van der Waals surface area contributed by atoms with E-state index in [1.807, 2.05) is 78.9 Å². The molecule has 0 heterocycles. The van der Waals surface area contributed by atoms with Gasteiger partial charge in [-0.05, 0) is 17.6 Å². The number of carbonyl (C=O) groups is 2. The normalized spacial score (nSPS) is 14.9. The summed E-state index contributed by atoms with van der Waals surface area (Å²) in [4.78, 5) is 27.0. The summed E-state index contributed by atoms with van der Waals surface area (Å²) in [6, 6.07) is 28.1. The summed E-state index contributed by atoms with van der Waals surface area (Å²) in [7, 11) is 0. The fourth-order valence-corrected chi connectivity index (χ4v) is 3.62. The fourth-order valence-electron chi connectivity index (χ4n) is 3.62. The summed E-state index contributed by atoms with van der Waals surface area (Å²) < 4.78 is 0. The van der Waals surface area contributed by atoms with Gasteiger partial charge in [-0.2, -0.15) is 0 Å². The Bertz CT molecular complexity index is 994. The van der Waals surface area contributed by atoms with Crippen molar-refractivity contribution in [1.82, 2.24) is 0 Å². The summed E-state index contributed by atoms with van der Waals surface area (Å²) in [5.74, 6) is -0.330. The first kappa shape index (κ1) is 17.9. The molecule has 2 nitrogen and oxygen atoms in total. The van der Waals surface area contributed by atoms with Gasteiger partial charge in [0.2, 0.25) is 0 Å². The molecule has 0 fully saturated rings. The molecule has 1 aliphatic rings. The number of hydrogen-bond donors (Lipinski definition) is 0. The van der Waals surface area contributed by atoms with Crippen LogP contribution in [0.5, 0.6) is 0 Å². The second kappa shape index (κ2) is 7.61. The molecule has 0 bridgehead atoms. The Labute approximate surface area is 164 Å². The fraction of sp³-hybridized carbons (Fsp3) is 0.0769. The predicted molar refractivity (Wildman–Crippen MR) is 112 cm³/mol. The van der Waals surface area contributed by atoms with Crippen LogP contribution in [0.25, 0.3) is 5.57 Å². The molecule has 2 heteroatoms. The minimum atomic E-state index is -1.22. The van der Waals surface area contributed by atoms with Gasteiger partial charge in [0.1, 0.15) is 5.41 Å². The maximum absolute atomic E-state index is 13.5. The summed E-state index contributed by atoms with van der Waals surface area (Å²) in [5, 5.41) is 0. The van der Waals surface area contributed by atoms with Gasteiger partial charge in [-0.25, -0.2) is 0 Å². The van der Waals surface area contributed by atoms with Gasteiger partial charge in [0.05, 0.1) is 0 Å². The minimum Gasteiger partial charge on any atom is -0.293 e. The predicted octanol–water partition coefficient (Wildman–Crippen LogP) is 5.78. The highest BCUT2D eigenvalue weighted by molar-refractivity contribution is 6.21. The van der Waals surface area contributed by atoms with Crippen molar-refractivity contribution in [3.8, 4) is 0 Å². The molecule has 0 saturated carbocycles. The lowest BCUT2D eigenvalue weighted by Crippen LogP contribution is -2.38. The van der Waals surface area contributed by atoms with Crippen LogP contribution >= 0.6 is 0 Å². The average molecular weight is 364 g/mol. The minimum absolute atomic E-state index is 0.165. The topological polar surface area (TPSA) is 34.1 Å². The van der Waals surface area contributed by atoms with E-state index in [0.29, 0.717) is 17.5 Å². The molecule has 0 spiro atoms. The average Bonchev–Trinajstić information content (AvgIpc) is 2.80. The smallest absolute Gasteiger partial charge is 0.180 e. The van der Waals surface area contributed by atoms with Crippen molar-refractivity contribution in [2.75, 3.05) is 0 Å². The summed E-state index contributed by atoms with van der Waals surface area (Å²) in [6.07, 6.45) is 6.03. The van der Waals surface area contributed by atoms with E-state index in [4.69, 9.17) is 0 Å². The Morgan fingerprint density at radius 1 is 0.643 bits per heavy atom. The molecular formula is C26H20O2. The highest BCUT2D eigenvalue weighted by Crippen LogP contribution is 2.39. The number of allylic oxidation sites excluding steroid dienone is 4. The number of rotatable bonds is 5. The molecule has 0 aromatic heterocycles. The van der Waals surface area contributed by atoms with Crippen LogP contribution in [0.4, 0.5) is 0 Å². The molecule has 3 aromatic carbocycles. The summed E-state index contributed by atoms with van der Waals surface area (Å²) in [6.45, 7) is 0. The van der Waals surface area contributed by atoms with Crippen LogP contribution in [0.15, 0.2) is 109 Å². The lowest BCUT2D eigenvalue weighted by Gasteiger charge is -2.30. The first-order chi connectivity index (χ1) is 13.7. The van der Waals surface area contributed by atoms with Crippen LogP contribution in [0, 0.1) is 5.41 Å². The van der Waals surface area contributed by atoms with Gasteiger partial charge < -0.3 is 0 Å². The van der Waals surface area contributed by atoms with Crippen molar-refractivity contribution in [3.05, 3.63) is 126 Å². The van der Waals surface area contributed by atoms with Gasteiger partial charge in [-0.15, -0.1) is 0 Å². The first-order valence-corrected chi connectivity index (χ1v) is 9.35. The SMILES string of the molecule is O=C(c1ccccc1)C1(C(=O)c2ccccc2)C=CC(c2ccccc2)=CC1. The van der Waals surface area contributed by atoms with E-state index in [1.54, 1.807) is 30.3 Å². The van der Waals surface area contributed by atoms with Gasteiger partial charge in [-0.1, -0.05) is 109 Å². The zero-order valence-corrected chi connectivity index (χ0v) is 15.4. The highest BCUT2D eigenvalue weighted by Gasteiger charge is 2.44. The first-order valence-electron chi connectivity index (χ1n) is 9.35. The lowest BCUT2D eigenvalue weighted by atomic mass is 9.69. The van der Waals surface area contributed by atoms with Crippen LogP contribution in [-0.2, 0) is 0 Å². The lowest BCUT2D eigenvalue weighted by molar-refractivity contribution is 0.0727. The molecule has 28 heavy (non-hydrogen) atoms. The maximum Gasteiger partial charge on any atom is 0.180 e. The Balaban J connectivity index is 1.76. The van der Waals surface area contributed by atoms with Crippen molar-refractivity contribution in [2.45, 2.75) is 6.42 Å². The number of hydrogen-bond acceptors (Lipinski definition) is 2. The molecule has 0 N–H and O–H groups in total. The van der Waals surface area contributed by atoms with E-state index in [1.165, 1.54) is 0 Å². The van der Waals surface area contributed by atoms with Gasteiger partial charge >= 0.3 is 0 Å². The van der Waals surface area contributed by atoms with Gasteiger partial charge in [-0.3, -0.25) is 9.59 Å². The van der Waals surface area contributed by atoms with Crippen molar-refractivity contribution >= 4 is 17.1 Å². The molecule has 1 aliphatic carbocycles. The quantitative estimate of drug-likeness (QED) is 0.425. The second-order valence-electron chi connectivity index (χ2n) is 6.92. The number of Topliss-reactive ketones (excluding diaryl/α,β-unsaturated/α-hetero) is 2. The third-order valence-corrected chi connectivity index (χ3v) is 5.18. The van der Waals surface area contributed by atoms with E-state index >= 15 is 0 Å². The van der Waals surface area contributed by atoms with Gasteiger partial charge in [0.15, 0.2) is 11.6 Å². The third kappa shape index (κ3) is 3.25. The van der Waals surface area contributed by atoms with Crippen LogP contribution in [0.1, 0.15) is 32.7 Å². The number of carbonyl (C=O) groups excluding carboxylic acids is 2. The van der Waals surface area contributed by atoms with E-state index in [-0.39, 0.29) is 11.6 Å². The maximum atomic E-state index is 13.5. The van der Waals surface area contributed by atoms with Gasteiger partial charge in [0, 0.05) is 11.1 Å². The Morgan fingerprint density at radius 2 is 1.11 bits per heavy atom. The van der Waals surface area contributed by atoms with Crippen molar-refractivity contribution in [2.24, 2.45) is 5.41 Å². The Hall–Kier alpha value is -3.52. The van der Waals surface area contributed by atoms with E-state index in [0.717, 1.165) is 11.1 Å². The highest BCUT2D eigenvalue weighted by atomic mass is 16.2. The molecule has 0 atom stereocenters.